The number of Topliss-reactive ketones (excluding diaryl/α,β-unsaturated/α-hetero) is 1. The maximum atomic E-state index is 13.6. The van der Waals surface area contributed by atoms with Crippen LogP contribution in [0.15, 0.2) is 65.8 Å². The van der Waals surface area contributed by atoms with Crippen molar-refractivity contribution < 1.29 is 31.1 Å². The summed E-state index contributed by atoms with van der Waals surface area (Å²) in [5.41, 5.74) is 1.73. The Hall–Kier alpha value is -3.31. The average Bonchev–Trinajstić information content (AvgIpc) is 2.84. The van der Waals surface area contributed by atoms with Gasteiger partial charge in [0.05, 0.1) is 10.3 Å². The lowest BCUT2D eigenvalue weighted by Gasteiger charge is -2.36. The van der Waals surface area contributed by atoms with E-state index in [-0.39, 0.29) is 23.7 Å². The molecule has 0 aliphatic carbocycles. The summed E-state index contributed by atoms with van der Waals surface area (Å²) in [4.78, 5) is 20.7. The fourth-order valence-electron chi connectivity index (χ4n) is 4.23. The van der Waals surface area contributed by atoms with Crippen LogP contribution in [0.1, 0.15) is 24.0 Å². The van der Waals surface area contributed by atoms with Crippen molar-refractivity contribution in [2.24, 2.45) is 0 Å². The molecule has 0 saturated carbocycles. The minimum Gasteiger partial charge on any atom is -0.381 e. The van der Waals surface area contributed by atoms with Crippen molar-refractivity contribution in [1.29, 1.82) is 0 Å². The molecule has 3 aromatic rings. The largest absolute Gasteiger partial charge is 0.501 e. The average molecular weight is 506 g/mol. The summed E-state index contributed by atoms with van der Waals surface area (Å²) in [6.07, 6.45) is 3.77. The Morgan fingerprint density at radius 1 is 1.00 bits per heavy atom. The Morgan fingerprint density at radius 3 is 2.23 bits per heavy atom. The number of anilines is 1. The van der Waals surface area contributed by atoms with Crippen LogP contribution in [0.4, 0.5) is 19.1 Å². The lowest BCUT2D eigenvalue weighted by molar-refractivity contribution is -0.127. The Kier molecular flexibility index (Phi) is 6.65. The predicted octanol–water partition coefficient (Wildman–Crippen LogP) is 3.88. The van der Waals surface area contributed by atoms with Gasteiger partial charge in [0.25, 0.3) is 9.84 Å². The molecule has 2 heterocycles. The second kappa shape index (κ2) is 9.38. The van der Waals surface area contributed by atoms with Gasteiger partial charge in [0.1, 0.15) is 5.78 Å². The van der Waals surface area contributed by atoms with Crippen molar-refractivity contribution in [3.63, 3.8) is 0 Å². The number of halogens is 3. The van der Waals surface area contributed by atoms with Crippen LogP contribution >= 0.6 is 0 Å². The van der Waals surface area contributed by atoms with Gasteiger partial charge in [-0.25, -0.2) is 18.4 Å². The molecule has 1 fully saturated rings. The molecule has 1 aliphatic heterocycles. The molecule has 7 nitrogen and oxygen atoms in total. The van der Waals surface area contributed by atoms with Gasteiger partial charge in [-0.3, -0.25) is 4.79 Å². The van der Waals surface area contributed by atoms with E-state index >= 15 is 0 Å². The lowest BCUT2D eigenvalue weighted by atomic mass is 9.69. The molecule has 11 heteroatoms. The highest BCUT2D eigenvalue weighted by Crippen LogP contribution is 2.38. The van der Waals surface area contributed by atoms with E-state index in [9.17, 15) is 26.4 Å². The maximum absolute atomic E-state index is 13.6. The smallest absolute Gasteiger partial charge is 0.381 e. The Balaban J connectivity index is 1.63. The number of nitrogens with zero attached hydrogens (tertiary/aromatic N) is 2. The fourth-order valence-corrected chi connectivity index (χ4v) is 5.06. The number of nitrogens with two attached hydrogens (primary N) is 1. The first-order valence-corrected chi connectivity index (χ1v) is 12.2. The number of benzene rings is 2. The number of aromatic nitrogens is 2. The first-order valence-electron chi connectivity index (χ1n) is 10.7. The molecule has 2 aromatic carbocycles. The highest BCUT2D eigenvalue weighted by Gasteiger charge is 2.47. The van der Waals surface area contributed by atoms with Crippen LogP contribution in [0.5, 0.6) is 0 Å². The molecule has 0 radical (unpaired) electrons. The van der Waals surface area contributed by atoms with Gasteiger partial charge in [0.15, 0.2) is 0 Å². The zero-order valence-electron chi connectivity index (χ0n) is 18.5. The summed E-state index contributed by atoms with van der Waals surface area (Å²) in [5, 5.41) is 0. The molecule has 0 spiro atoms. The van der Waals surface area contributed by atoms with Crippen LogP contribution < -0.4 is 5.73 Å². The maximum Gasteiger partial charge on any atom is 0.501 e. The van der Waals surface area contributed by atoms with Crippen molar-refractivity contribution in [2.45, 2.75) is 35.1 Å². The zero-order chi connectivity index (χ0) is 25.3. The van der Waals surface area contributed by atoms with E-state index < -0.39 is 25.7 Å². The molecule has 0 atom stereocenters. The van der Waals surface area contributed by atoms with E-state index in [1.54, 1.807) is 12.4 Å². The summed E-state index contributed by atoms with van der Waals surface area (Å²) < 4.78 is 68.0. The van der Waals surface area contributed by atoms with Gasteiger partial charge in [-0.15, -0.1) is 0 Å². The number of hydrogen-bond acceptors (Lipinski definition) is 7. The van der Waals surface area contributed by atoms with E-state index in [2.05, 4.69) is 9.97 Å². The molecule has 1 saturated heterocycles. The minimum absolute atomic E-state index is 0.157. The van der Waals surface area contributed by atoms with Gasteiger partial charge in [0, 0.05) is 37.6 Å². The summed E-state index contributed by atoms with van der Waals surface area (Å²) >= 11 is 0. The van der Waals surface area contributed by atoms with Crippen molar-refractivity contribution in [1.82, 2.24) is 9.97 Å². The number of hydrogen-bond donors (Lipinski definition) is 1. The zero-order valence-corrected chi connectivity index (χ0v) is 19.3. The molecule has 1 aromatic heterocycles. The SMILES string of the molecule is Nc1ncc(-c2ccc(C3(C(=O)Cc4cccc(S(=O)(=O)C(F)(F)F)c4)CCOCC3)cc2)cn1. The van der Waals surface area contributed by atoms with Gasteiger partial charge in [-0.05, 0) is 41.7 Å². The molecule has 2 N–H and O–H groups in total. The summed E-state index contributed by atoms with van der Waals surface area (Å²) in [7, 11) is -5.51. The number of nitrogen functional groups attached to an aromatic ring is 1. The number of rotatable bonds is 6. The molecule has 184 valence electrons. The minimum atomic E-state index is -5.51. The Bertz CT molecular complexity index is 1320. The molecule has 1 aliphatic rings. The summed E-state index contributed by atoms with van der Waals surface area (Å²) in [6, 6.07) is 11.8. The van der Waals surface area contributed by atoms with Crippen LogP contribution in [0, 0.1) is 0 Å². The predicted molar refractivity (Wildman–Crippen MR) is 122 cm³/mol. The van der Waals surface area contributed by atoms with E-state index in [1.165, 1.54) is 12.1 Å². The van der Waals surface area contributed by atoms with Gasteiger partial charge < -0.3 is 10.5 Å². The summed E-state index contributed by atoms with van der Waals surface area (Å²) in [6.45, 7) is 0.698. The molecule has 0 amide bonds. The van der Waals surface area contributed by atoms with Gasteiger partial charge >= 0.3 is 5.51 Å². The van der Waals surface area contributed by atoms with Gasteiger partial charge in [0.2, 0.25) is 5.95 Å². The van der Waals surface area contributed by atoms with Crippen LogP contribution in [-0.2, 0) is 31.2 Å². The second-order valence-corrected chi connectivity index (χ2v) is 10.2. The number of sulfone groups is 1. The van der Waals surface area contributed by atoms with Gasteiger partial charge in [-0.1, -0.05) is 36.4 Å². The molecule has 0 unspecified atom stereocenters. The lowest BCUT2D eigenvalue weighted by Crippen LogP contribution is -2.42. The summed E-state index contributed by atoms with van der Waals surface area (Å²) in [5.74, 6) is -0.0600. The third-order valence-electron chi connectivity index (χ3n) is 6.20. The molecular weight excluding hydrogens is 483 g/mol. The van der Waals surface area contributed by atoms with E-state index in [0.29, 0.717) is 26.1 Å². The third-order valence-corrected chi connectivity index (χ3v) is 7.68. The van der Waals surface area contributed by atoms with E-state index in [0.717, 1.165) is 28.8 Å². The topological polar surface area (TPSA) is 112 Å². The number of carbonyl (C=O) groups excluding carboxylic acids is 1. The number of carbonyl (C=O) groups is 1. The van der Waals surface area contributed by atoms with Gasteiger partial charge in [-0.2, -0.15) is 13.2 Å². The molecule has 0 bridgehead atoms. The second-order valence-electron chi connectivity index (χ2n) is 8.30. The number of alkyl halides is 3. The van der Waals surface area contributed by atoms with Crippen molar-refractivity contribution in [2.75, 3.05) is 18.9 Å². The Morgan fingerprint density at radius 2 is 1.63 bits per heavy atom. The van der Waals surface area contributed by atoms with Crippen molar-refractivity contribution >= 4 is 21.6 Å². The van der Waals surface area contributed by atoms with Crippen LogP contribution in [-0.4, -0.2) is 42.9 Å². The monoisotopic (exact) mass is 505 g/mol. The standard InChI is InChI=1S/C24H22F3N3O4S/c25-24(26,27)35(32,33)20-3-1-2-16(12-20)13-21(31)23(8-10-34-11-9-23)19-6-4-17(5-7-19)18-14-29-22(28)30-15-18/h1-7,12,14-15H,8-11,13H2,(H2,28,29,30). The number of ether oxygens (including phenoxy) is 1. The van der Waals surface area contributed by atoms with E-state index in [1.807, 2.05) is 24.3 Å². The molecule has 35 heavy (non-hydrogen) atoms. The molecular formula is C24H22F3N3O4S. The highest BCUT2D eigenvalue weighted by molar-refractivity contribution is 7.92. The highest BCUT2D eigenvalue weighted by atomic mass is 32.2. The molecule has 4 rings (SSSR count). The first-order chi connectivity index (χ1) is 16.5. The Labute approximate surface area is 200 Å². The van der Waals surface area contributed by atoms with Crippen LogP contribution in [0.3, 0.4) is 0 Å². The van der Waals surface area contributed by atoms with E-state index in [4.69, 9.17) is 10.5 Å². The van der Waals surface area contributed by atoms with Crippen LogP contribution in [0.2, 0.25) is 0 Å². The number of ketones is 1. The van der Waals surface area contributed by atoms with Crippen molar-refractivity contribution in [3.8, 4) is 11.1 Å². The quantitative estimate of drug-likeness (QED) is 0.541. The third kappa shape index (κ3) is 4.92. The van der Waals surface area contributed by atoms with Crippen LogP contribution in [0.25, 0.3) is 11.1 Å². The normalized spacial score (nSPS) is 16.1. The fraction of sp³-hybridized carbons (Fsp3) is 0.292. The van der Waals surface area contributed by atoms with Crippen molar-refractivity contribution in [3.05, 3.63) is 72.1 Å². The first kappa shape index (κ1) is 24.8.